The van der Waals surface area contributed by atoms with Crippen LogP contribution in [-0.2, 0) is 0 Å². The van der Waals surface area contributed by atoms with E-state index in [1.165, 1.54) is 0 Å². The molecule has 0 amide bonds. The number of aliphatic hydroxyl groups is 1. The van der Waals surface area contributed by atoms with Gasteiger partial charge in [0.05, 0.1) is 13.2 Å². The Labute approximate surface area is 101 Å². The average Bonchev–Trinajstić information content (AvgIpc) is 2.52. The fraction of sp³-hybridized carbons (Fsp3) is 0.538. The van der Waals surface area contributed by atoms with Crippen molar-refractivity contribution in [1.29, 1.82) is 0 Å². The smallest absolute Gasteiger partial charge is 0.161 e. The lowest BCUT2D eigenvalue weighted by Crippen LogP contribution is -2.13. The lowest BCUT2D eigenvalue weighted by Gasteiger charge is -2.17. The topological polar surface area (TPSA) is 64.7 Å². The number of rotatable bonds is 3. The molecule has 4 nitrogen and oxygen atoms in total. The van der Waals surface area contributed by atoms with E-state index in [4.69, 9.17) is 20.3 Å². The number of hydrogen-bond acceptors (Lipinski definition) is 4. The molecule has 0 fully saturated rings. The summed E-state index contributed by atoms with van der Waals surface area (Å²) in [7, 11) is 0. The number of ether oxygens (including phenoxy) is 2. The largest absolute Gasteiger partial charge is 0.490 e. The van der Waals surface area contributed by atoms with Gasteiger partial charge >= 0.3 is 0 Å². The summed E-state index contributed by atoms with van der Waals surface area (Å²) >= 11 is 0. The maximum Gasteiger partial charge on any atom is 0.161 e. The summed E-state index contributed by atoms with van der Waals surface area (Å²) in [4.78, 5) is 0. The summed E-state index contributed by atoms with van der Waals surface area (Å²) in [6.45, 7) is 3.45. The van der Waals surface area contributed by atoms with Crippen molar-refractivity contribution in [3.05, 3.63) is 23.3 Å². The van der Waals surface area contributed by atoms with Gasteiger partial charge in [0, 0.05) is 19.1 Å². The second-order valence-corrected chi connectivity index (χ2v) is 4.32. The standard InChI is InChI=1S/C13H19NO3/c1-9-7-12-13(17-6-2-5-16-12)8-10(9)11(14)3-4-15/h7-8,11,15H,2-6,14H2,1H3. The van der Waals surface area contributed by atoms with Gasteiger partial charge < -0.3 is 20.3 Å². The molecule has 1 heterocycles. The van der Waals surface area contributed by atoms with Crippen molar-refractivity contribution in [3.8, 4) is 11.5 Å². The first-order valence-corrected chi connectivity index (χ1v) is 5.99. The van der Waals surface area contributed by atoms with Crippen molar-refractivity contribution in [1.82, 2.24) is 0 Å². The first kappa shape index (κ1) is 12.2. The van der Waals surface area contributed by atoms with Crippen LogP contribution in [0.3, 0.4) is 0 Å². The van der Waals surface area contributed by atoms with Gasteiger partial charge in [-0.1, -0.05) is 0 Å². The first-order chi connectivity index (χ1) is 8.22. The Hall–Kier alpha value is -1.26. The first-order valence-electron chi connectivity index (χ1n) is 5.99. The lowest BCUT2D eigenvalue weighted by atomic mass is 9.99. The zero-order valence-corrected chi connectivity index (χ0v) is 10.1. The molecule has 1 aliphatic rings. The maximum absolute atomic E-state index is 8.94. The van der Waals surface area contributed by atoms with Crippen molar-refractivity contribution < 1.29 is 14.6 Å². The minimum absolute atomic E-state index is 0.0923. The monoisotopic (exact) mass is 237 g/mol. The minimum atomic E-state index is -0.155. The highest BCUT2D eigenvalue weighted by Crippen LogP contribution is 2.34. The van der Waals surface area contributed by atoms with Crippen LogP contribution in [0.15, 0.2) is 12.1 Å². The Kier molecular flexibility index (Phi) is 3.86. The number of aliphatic hydroxyl groups excluding tert-OH is 1. The second-order valence-electron chi connectivity index (χ2n) is 4.32. The number of hydrogen-bond donors (Lipinski definition) is 2. The molecule has 4 heteroatoms. The van der Waals surface area contributed by atoms with E-state index < -0.39 is 0 Å². The van der Waals surface area contributed by atoms with Crippen molar-refractivity contribution in [2.75, 3.05) is 19.8 Å². The molecule has 0 bridgehead atoms. The Bertz CT molecular complexity index is 392. The third kappa shape index (κ3) is 2.70. The molecule has 2 rings (SSSR count). The molecule has 1 aromatic rings. The van der Waals surface area contributed by atoms with E-state index in [0.29, 0.717) is 19.6 Å². The molecule has 94 valence electrons. The van der Waals surface area contributed by atoms with Gasteiger partial charge in [0.15, 0.2) is 11.5 Å². The van der Waals surface area contributed by atoms with E-state index in [-0.39, 0.29) is 12.6 Å². The van der Waals surface area contributed by atoms with Crippen molar-refractivity contribution in [2.24, 2.45) is 5.73 Å². The quantitative estimate of drug-likeness (QED) is 0.837. The highest BCUT2D eigenvalue weighted by Gasteiger charge is 2.16. The van der Waals surface area contributed by atoms with Crippen molar-refractivity contribution in [2.45, 2.75) is 25.8 Å². The summed E-state index contributed by atoms with van der Waals surface area (Å²) in [5.41, 5.74) is 8.12. The third-order valence-electron chi connectivity index (χ3n) is 2.98. The van der Waals surface area contributed by atoms with Crippen LogP contribution >= 0.6 is 0 Å². The molecule has 0 saturated carbocycles. The van der Waals surface area contributed by atoms with E-state index in [1.54, 1.807) is 0 Å². The molecule has 1 aliphatic heterocycles. The van der Waals surface area contributed by atoms with Gasteiger partial charge in [-0.05, 0) is 36.6 Å². The molecule has 0 aliphatic carbocycles. The van der Waals surface area contributed by atoms with Gasteiger partial charge in [0.25, 0.3) is 0 Å². The van der Waals surface area contributed by atoms with Crippen LogP contribution in [0.1, 0.15) is 30.0 Å². The van der Waals surface area contributed by atoms with E-state index in [2.05, 4.69) is 0 Å². The average molecular weight is 237 g/mol. The van der Waals surface area contributed by atoms with E-state index in [0.717, 1.165) is 29.0 Å². The lowest BCUT2D eigenvalue weighted by molar-refractivity contribution is 0.276. The van der Waals surface area contributed by atoms with Gasteiger partial charge in [0.1, 0.15) is 0 Å². The number of nitrogens with two attached hydrogens (primary N) is 1. The predicted octanol–water partition coefficient (Wildman–Crippen LogP) is 1.54. The van der Waals surface area contributed by atoms with Crippen LogP contribution in [0.25, 0.3) is 0 Å². The Balaban J connectivity index is 2.31. The molecular weight excluding hydrogens is 218 g/mol. The van der Waals surface area contributed by atoms with Crippen LogP contribution < -0.4 is 15.2 Å². The van der Waals surface area contributed by atoms with Crippen LogP contribution in [-0.4, -0.2) is 24.9 Å². The molecule has 1 aromatic carbocycles. The summed E-state index contributed by atoms with van der Waals surface area (Å²) < 4.78 is 11.2. The minimum Gasteiger partial charge on any atom is -0.490 e. The molecule has 0 spiro atoms. The maximum atomic E-state index is 8.94. The summed E-state index contributed by atoms with van der Waals surface area (Å²) in [5.74, 6) is 1.55. The zero-order chi connectivity index (χ0) is 12.3. The second kappa shape index (κ2) is 5.38. The van der Waals surface area contributed by atoms with Crippen LogP contribution in [0.4, 0.5) is 0 Å². The molecular formula is C13H19NO3. The van der Waals surface area contributed by atoms with Crippen LogP contribution in [0.5, 0.6) is 11.5 Å². The summed E-state index contributed by atoms with van der Waals surface area (Å²) in [5, 5.41) is 8.94. The normalized spacial score (nSPS) is 16.4. The molecule has 1 unspecified atom stereocenters. The Morgan fingerprint density at radius 3 is 2.59 bits per heavy atom. The molecule has 0 aromatic heterocycles. The van der Waals surface area contributed by atoms with Crippen LogP contribution in [0, 0.1) is 6.92 Å². The van der Waals surface area contributed by atoms with Gasteiger partial charge in [0.2, 0.25) is 0 Å². The van der Waals surface area contributed by atoms with Gasteiger partial charge in [-0.2, -0.15) is 0 Å². The zero-order valence-electron chi connectivity index (χ0n) is 10.1. The fourth-order valence-electron chi connectivity index (χ4n) is 2.02. The predicted molar refractivity (Wildman–Crippen MR) is 65.4 cm³/mol. The molecule has 1 atom stereocenters. The Morgan fingerprint density at radius 1 is 1.29 bits per heavy atom. The van der Waals surface area contributed by atoms with E-state index in [1.807, 2.05) is 19.1 Å². The van der Waals surface area contributed by atoms with Crippen molar-refractivity contribution in [3.63, 3.8) is 0 Å². The van der Waals surface area contributed by atoms with E-state index >= 15 is 0 Å². The van der Waals surface area contributed by atoms with E-state index in [9.17, 15) is 0 Å². The van der Waals surface area contributed by atoms with Gasteiger partial charge in [-0.3, -0.25) is 0 Å². The number of aryl methyl sites for hydroxylation is 1. The number of fused-ring (bicyclic) bond motifs is 1. The Morgan fingerprint density at radius 2 is 1.94 bits per heavy atom. The third-order valence-corrected chi connectivity index (χ3v) is 2.98. The van der Waals surface area contributed by atoms with Crippen molar-refractivity contribution >= 4 is 0 Å². The highest BCUT2D eigenvalue weighted by atomic mass is 16.5. The van der Waals surface area contributed by atoms with Crippen LogP contribution in [0.2, 0.25) is 0 Å². The SMILES string of the molecule is Cc1cc2c(cc1C(N)CCO)OCCCO2. The van der Waals surface area contributed by atoms with Gasteiger partial charge in [-0.25, -0.2) is 0 Å². The fourth-order valence-corrected chi connectivity index (χ4v) is 2.02. The molecule has 3 N–H and O–H groups in total. The summed E-state index contributed by atoms with van der Waals surface area (Å²) in [6.07, 6.45) is 1.45. The molecule has 0 saturated heterocycles. The summed E-state index contributed by atoms with van der Waals surface area (Å²) in [6, 6.07) is 3.75. The molecule has 17 heavy (non-hydrogen) atoms. The highest BCUT2D eigenvalue weighted by molar-refractivity contribution is 5.48. The van der Waals surface area contributed by atoms with Gasteiger partial charge in [-0.15, -0.1) is 0 Å². The number of benzene rings is 1. The molecule has 0 radical (unpaired) electrons.